The largest absolute Gasteiger partial charge is 0.399 e. The summed E-state index contributed by atoms with van der Waals surface area (Å²) in [5, 5.41) is 28.0. The SMILES string of the molecule is CN(C1CCC(O)CC1)C1(Nc2nccc(-c3cnn(C(CC#N)C4CCCC4)c3)n2)C=CC(c2ccc(N)cc2)=CC1. The number of aliphatic hydroxyl groups is 1. The highest BCUT2D eigenvalue weighted by atomic mass is 16.3. The Bertz CT molecular complexity index is 1490. The number of rotatable bonds is 9. The average molecular weight is 579 g/mol. The fraction of sp³-hybridized carbons (Fsp3) is 0.471. The first-order valence-corrected chi connectivity index (χ1v) is 15.6. The number of nitrogens with one attached hydrogen (secondary N) is 1. The van der Waals surface area contributed by atoms with Gasteiger partial charge in [0, 0.05) is 36.1 Å². The van der Waals surface area contributed by atoms with Crippen LogP contribution in [0.15, 0.2) is 67.2 Å². The zero-order chi connectivity index (χ0) is 29.8. The number of hydrogen-bond acceptors (Lipinski definition) is 8. The maximum Gasteiger partial charge on any atom is 0.224 e. The summed E-state index contributed by atoms with van der Waals surface area (Å²) >= 11 is 0. The van der Waals surface area contributed by atoms with E-state index in [-0.39, 0.29) is 12.1 Å². The van der Waals surface area contributed by atoms with E-state index in [9.17, 15) is 10.4 Å². The van der Waals surface area contributed by atoms with Crippen molar-refractivity contribution in [3.8, 4) is 17.3 Å². The van der Waals surface area contributed by atoms with E-state index >= 15 is 0 Å². The monoisotopic (exact) mass is 578 g/mol. The second kappa shape index (κ2) is 12.7. The summed E-state index contributed by atoms with van der Waals surface area (Å²) in [5.41, 5.74) is 10.1. The van der Waals surface area contributed by atoms with Crippen LogP contribution >= 0.6 is 0 Å². The maximum atomic E-state index is 10.2. The van der Waals surface area contributed by atoms with Crippen molar-refractivity contribution in [3.63, 3.8) is 0 Å². The van der Waals surface area contributed by atoms with Crippen molar-refractivity contribution in [2.45, 2.75) is 88.1 Å². The van der Waals surface area contributed by atoms with E-state index in [0.717, 1.165) is 73.0 Å². The Labute approximate surface area is 254 Å². The molecule has 9 heteroatoms. The molecule has 2 fully saturated rings. The van der Waals surface area contributed by atoms with Crippen molar-refractivity contribution in [1.82, 2.24) is 24.6 Å². The second-order valence-electron chi connectivity index (χ2n) is 12.4. The molecule has 3 aliphatic carbocycles. The molecule has 2 heterocycles. The Morgan fingerprint density at radius 2 is 1.88 bits per heavy atom. The van der Waals surface area contributed by atoms with Gasteiger partial charge in [0.05, 0.1) is 36.5 Å². The first kappa shape index (κ1) is 29.1. The summed E-state index contributed by atoms with van der Waals surface area (Å²) in [6.07, 6.45) is 21.6. The van der Waals surface area contributed by atoms with Crippen molar-refractivity contribution in [2.75, 3.05) is 18.1 Å². The lowest BCUT2D eigenvalue weighted by atomic mass is 9.87. The Balaban J connectivity index is 1.26. The van der Waals surface area contributed by atoms with Crippen LogP contribution in [0.5, 0.6) is 0 Å². The number of aromatic nitrogens is 4. The van der Waals surface area contributed by atoms with Crippen LogP contribution < -0.4 is 11.1 Å². The average Bonchev–Trinajstić information content (AvgIpc) is 3.75. The Kier molecular flexibility index (Phi) is 8.59. The molecule has 6 rings (SSSR count). The van der Waals surface area contributed by atoms with Gasteiger partial charge in [-0.3, -0.25) is 9.58 Å². The van der Waals surface area contributed by atoms with Gasteiger partial charge in [-0.2, -0.15) is 10.4 Å². The molecule has 0 bridgehead atoms. The van der Waals surface area contributed by atoms with Crippen molar-refractivity contribution in [2.24, 2.45) is 5.92 Å². The van der Waals surface area contributed by atoms with Gasteiger partial charge < -0.3 is 16.2 Å². The summed E-state index contributed by atoms with van der Waals surface area (Å²) in [5.74, 6) is 1.04. The number of allylic oxidation sites excluding steroid dienone is 2. The Hall–Kier alpha value is -4.00. The highest BCUT2D eigenvalue weighted by Gasteiger charge is 2.39. The number of hydrogen-bond donors (Lipinski definition) is 3. The molecule has 2 saturated carbocycles. The van der Waals surface area contributed by atoms with E-state index in [1.807, 2.05) is 35.3 Å². The highest BCUT2D eigenvalue weighted by Crippen LogP contribution is 2.38. The molecule has 0 saturated heterocycles. The van der Waals surface area contributed by atoms with Gasteiger partial charge in [-0.05, 0) is 86.9 Å². The van der Waals surface area contributed by atoms with Gasteiger partial charge in [0.15, 0.2) is 0 Å². The van der Waals surface area contributed by atoms with E-state index in [2.05, 4.69) is 63.8 Å². The topological polar surface area (TPSA) is 129 Å². The third-order valence-electron chi connectivity index (χ3n) is 9.72. The zero-order valence-electron chi connectivity index (χ0n) is 24.9. The predicted molar refractivity (Wildman–Crippen MR) is 169 cm³/mol. The van der Waals surface area contributed by atoms with Crippen LogP contribution in [0.1, 0.15) is 75.8 Å². The van der Waals surface area contributed by atoms with Crippen LogP contribution in [0, 0.1) is 17.2 Å². The van der Waals surface area contributed by atoms with Gasteiger partial charge >= 0.3 is 0 Å². The fourth-order valence-corrected chi connectivity index (χ4v) is 7.07. The van der Waals surface area contributed by atoms with Crippen molar-refractivity contribution in [3.05, 3.63) is 72.7 Å². The maximum absolute atomic E-state index is 10.2. The minimum atomic E-state index is -0.534. The molecule has 0 spiro atoms. The van der Waals surface area contributed by atoms with Gasteiger partial charge in [-0.1, -0.05) is 37.1 Å². The first-order valence-electron chi connectivity index (χ1n) is 15.6. The number of anilines is 2. The van der Waals surface area contributed by atoms with E-state index in [0.29, 0.717) is 24.3 Å². The molecule has 43 heavy (non-hydrogen) atoms. The molecule has 0 radical (unpaired) electrons. The third-order valence-corrected chi connectivity index (χ3v) is 9.72. The minimum absolute atomic E-state index is 0.0982. The number of nitrogen functional groups attached to an aromatic ring is 1. The predicted octanol–water partition coefficient (Wildman–Crippen LogP) is 5.95. The highest BCUT2D eigenvalue weighted by molar-refractivity contribution is 5.76. The number of nitrogens with zero attached hydrogens (tertiary/aromatic N) is 6. The lowest BCUT2D eigenvalue weighted by Gasteiger charge is -2.47. The number of nitriles is 1. The number of nitrogens with two attached hydrogens (primary N) is 1. The molecular formula is C34H42N8O. The normalized spacial score (nSPS) is 24.9. The molecule has 2 atom stereocenters. The Morgan fingerprint density at radius 1 is 1.12 bits per heavy atom. The van der Waals surface area contributed by atoms with E-state index < -0.39 is 5.66 Å². The van der Waals surface area contributed by atoms with Crippen molar-refractivity contribution >= 4 is 17.2 Å². The molecule has 0 aliphatic heterocycles. The van der Waals surface area contributed by atoms with E-state index in [1.54, 1.807) is 6.20 Å². The summed E-state index contributed by atoms with van der Waals surface area (Å²) in [6, 6.07) is 12.7. The summed E-state index contributed by atoms with van der Waals surface area (Å²) in [4.78, 5) is 12.0. The lowest BCUT2D eigenvalue weighted by Crippen LogP contribution is -2.56. The number of benzene rings is 1. The lowest BCUT2D eigenvalue weighted by molar-refractivity contribution is 0.0526. The minimum Gasteiger partial charge on any atom is -0.399 e. The van der Waals surface area contributed by atoms with Crippen LogP contribution in [0.4, 0.5) is 11.6 Å². The van der Waals surface area contributed by atoms with E-state index in [1.165, 1.54) is 12.8 Å². The molecule has 0 amide bonds. The second-order valence-corrected chi connectivity index (χ2v) is 12.4. The zero-order valence-corrected chi connectivity index (χ0v) is 24.9. The molecule has 2 aromatic heterocycles. The van der Waals surface area contributed by atoms with Crippen LogP contribution in [0.3, 0.4) is 0 Å². The molecular weight excluding hydrogens is 536 g/mol. The molecule has 2 unspecified atom stereocenters. The van der Waals surface area contributed by atoms with Crippen molar-refractivity contribution in [1.29, 1.82) is 5.26 Å². The fourth-order valence-electron chi connectivity index (χ4n) is 7.07. The summed E-state index contributed by atoms with van der Waals surface area (Å²) in [7, 11) is 2.16. The smallest absolute Gasteiger partial charge is 0.224 e. The summed E-state index contributed by atoms with van der Waals surface area (Å²) < 4.78 is 1.98. The standard InChI is InChI=1S/C34H42N8O/c1-41(29-10-12-30(43)13-11-29)34(18-14-25(15-19-34)24-6-8-28(36)9-7-24)40-33-37-21-17-31(39-33)27-22-38-42(23-27)32(16-20-35)26-4-2-3-5-26/h6-9,14-15,17-18,21-23,26,29-30,32,43H,2-5,10-13,16,19,36H2,1H3,(H,37,39,40). The van der Waals surface area contributed by atoms with Gasteiger partial charge in [-0.25, -0.2) is 9.97 Å². The van der Waals surface area contributed by atoms with Crippen LogP contribution in [-0.4, -0.2) is 54.6 Å². The molecule has 3 aliphatic rings. The number of likely N-dealkylation sites (N-methyl/N-ethyl adjacent to an activating group) is 1. The molecule has 4 N–H and O–H groups in total. The third kappa shape index (κ3) is 6.36. The molecule has 9 nitrogen and oxygen atoms in total. The molecule has 224 valence electrons. The molecule has 1 aromatic carbocycles. The van der Waals surface area contributed by atoms with Gasteiger partial charge in [0.2, 0.25) is 5.95 Å². The van der Waals surface area contributed by atoms with E-state index in [4.69, 9.17) is 10.7 Å². The number of aliphatic hydroxyl groups excluding tert-OH is 1. The summed E-state index contributed by atoms with van der Waals surface area (Å²) in [6.45, 7) is 0. The van der Waals surface area contributed by atoms with Gasteiger partial charge in [0.25, 0.3) is 0 Å². The van der Waals surface area contributed by atoms with Gasteiger partial charge in [-0.15, -0.1) is 0 Å². The van der Waals surface area contributed by atoms with Crippen LogP contribution in [0.25, 0.3) is 16.8 Å². The van der Waals surface area contributed by atoms with Crippen LogP contribution in [0.2, 0.25) is 0 Å². The molecule has 3 aromatic rings. The van der Waals surface area contributed by atoms with Crippen LogP contribution in [-0.2, 0) is 0 Å². The quantitative estimate of drug-likeness (QED) is 0.210. The van der Waals surface area contributed by atoms with Gasteiger partial charge in [0.1, 0.15) is 5.66 Å². The first-order chi connectivity index (χ1) is 20.9. The van der Waals surface area contributed by atoms with Crippen molar-refractivity contribution < 1.29 is 5.11 Å². The Morgan fingerprint density at radius 3 is 2.58 bits per heavy atom.